The first-order chi connectivity index (χ1) is 10.3. The molecule has 0 N–H and O–H groups in total. The molecule has 0 aliphatic rings. The average molecular weight is 357 g/mol. The van der Waals surface area contributed by atoms with Crippen LogP contribution >= 0.6 is 22.9 Å². The Bertz CT molecular complexity index is 746. The Morgan fingerprint density at radius 1 is 0.818 bits per heavy atom. The molecule has 0 bridgehead atoms. The zero-order chi connectivity index (χ0) is 16.2. The Morgan fingerprint density at radius 3 is 2.05 bits per heavy atom. The lowest BCUT2D eigenvalue weighted by molar-refractivity contribution is -2.00. The van der Waals surface area contributed by atoms with Gasteiger partial charge in [0, 0.05) is 22.0 Å². The minimum absolute atomic E-state index is 0.777. The molecule has 0 saturated heterocycles. The number of halogens is 2. The third-order valence-electron chi connectivity index (χ3n) is 2.75. The summed E-state index contributed by atoms with van der Waals surface area (Å²) in [7, 11) is -4.94. The number of hydrogen-bond donors (Lipinski definition) is 0. The van der Waals surface area contributed by atoms with Gasteiger partial charge in [-0.25, -0.2) is 18.6 Å². The number of fused-ring (bicyclic) bond motifs is 1. The number of hydrogen-bond acceptors (Lipinski definition) is 4. The summed E-state index contributed by atoms with van der Waals surface area (Å²) in [5.41, 5.74) is 1.22. The summed E-state index contributed by atoms with van der Waals surface area (Å²) in [6.45, 7) is 0. The highest BCUT2D eigenvalue weighted by Gasteiger charge is 2.13. The van der Waals surface area contributed by atoms with Crippen LogP contribution in [0.1, 0.15) is 0 Å². The molecule has 22 heavy (non-hydrogen) atoms. The molecular formula is C15H10Cl2O4S. The maximum atomic E-state index is 8.49. The zero-order valence-corrected chi connectivity index (χ0v) is 13.4. The van der Waals surface area contributed by atoms with Gasteiger partial charge in [-0.2, -0.15) is 0 Å². The Labute approximate surface area is 138 Å². The SMILES string of the molecule is Clc1ccc(-c2[s+]ccc3ccccc23)cc1.[O-][Cl+3]([O-])([O-])[O-]. The summed E-state index contributed by atoms with van der Waals surface area (Å²) in [5, 5.41) is 5.48. The molecule has 3 aromatic rings. The Hall–Kier alpha value is -1.31. The van der Waals surface area contributed by atoms with Crippen molar-refractivity contribution in [1.29, 1.82) is 0 Å². The van der Waals surface area contributed by atoms with Gasteiger partial charge in [-0.3, -0.25) is 0 Å². The van der Waals surface area contributed by atoms with E-state index in [2.05, 4.69) is 47.8 Å². The van der Waals surface area contributed by atoms with Crippen LogP contribution in [0.15, 0.2) is 60.0 Å². The van der Waals surface area contributed by atoms with Gasteiger partial charge in [0.25, 0.3) is 0 Å². The van der Waals surface area contributed by atoms with Gasteiger partial charge in [0.15, 0.2) is 5.38 Å². The third-order valence-corrected chi connectivity index (χ3v) is 3.96. The largest absolute Gasteiger partial charge is 0.245 e. The monoisotopic (exact) mass is 356 g/mol. The fraction of sp³-hybridized carbons (Fsp3) is 0. The zero-order valence-electron chi connectivity index (χ0n) is 11.1. The standard InChI is InChI=1S/C15H10ClS.ClHO4/c16-13-7-5-12(6-8-13)15-14-4-2-1-3-11(14)9-10-17-15;2-1(3,4)5/h1-10H;(H,2,3,4,5)/q+1;/p-1. The van der Waals surface area contributed by atoms with Crippen molar-refractivity contribution in [2.24, 2.45) is 0 Å². The third kappa shape index (κ3) is 5.15. The van der Waals surface area contributed by atoms with E-state index in [1.807, 2.05) is 12.1 Å². The minimum atomic E-state index is -4.94. The van der Waals surface area contributed by atoms with Crippen LogP contribution in [-0.2, 0) is 0 Å². The van der Waals surface area contributed by atoms with E-state index < -0.39 is 10.2 Å². The van der Waals surface area contributed by atoms with Gasteiger partial charge in [0.1, 0.15) is 0 Å². The predicted molar refractivity (Wildman–Crippen MR) is 76.7 cm³/mol. The molecule has 0 radical (unpaired) electrons. The van der Waals surface area contributed by atoms with Crippen molar-refractivity contribution in [3.8, 4) is 10.4 Å². The summed E-state index contributed by atoms with van der Waals surface area (Å²) in [6.07, 6.45) is 0. The first-order valence-corrected chi connectivity index (χ1v) is 8.51. The molecule has 0 aliphatic carbocycles. The van der Waals surface area contributed by atoms with Crippen molar-refractivity contribution in [3.05, 3.63) is 65.0 Å². The van der Waals surface area contributed by atoms with Crippen molar-refractivity contribution < 1.29 is 28.9 Å². The first-order valence-electron chi connectivity index (χ1n) is 6.02. The molecule has 0 atom stereocenters. The second-order valence-corrected chi connectivity index (χ2v) is 6.33. The summed E-state index contributed by atoms with van der Waals surface area (Å²) >= 11 is 7.68. The van der Waals surface area contributed by atoms with E-state index in [0.29, 0.717) is 0 Å². The summed E-state index contributed by atoms with van der Waals surface area (Å²) in [4.78, 5) is 1.29. The maximum absolute atomic E-state index is 8.49. The van der Waals surface area contributed by atoms with Gasteiger partial charge in [0.2, 0.25) is 16.2 Å². The molecule has 0 saturated carbocycles. The molecule has 1 aromatic heterocycles. The lowest BCUT2D eigenvalue weighted by Gasteiger charge is -2.17. The maximum Gasteiger partial charge on any atom is 0.245 e. The molecule has 0 amide bonds. The van der Waals surface area contributed by atoms with E-state index in [1.54, 1.807) is 11.3 Å². The smallest absolute Gasteiger partial charge is 0.222 e. The molecule has 0 aliphatic heterocycles. The normalized spacial score (nSPS) is 11.0. The molecule has 0 unspecified atom stereocenters. The van der Waals surface area contributed by atoms with E-state index >= 15 is 0 Å². The van der Waals surface area contributed by atoms with Gasteiger partial charge in [-0.15, -0.1) is 10.2 Å². The van der Waals surface area contributed by atoms with Crippen LogP contribution in [0.25, 0.3) is 21.2 Å². The summed E-state index contributed by atoms with van der Waals surface area (Å²) < 4.78 is 34.0. The molecule has 2 aromatic carbocycles. The van der Waals surface area contributed by atoms with Crippen LogP contribution in [0.4, 0.5) is 0 Å². The summed E-state index contributed by atoms with van der Waals surface area (Å²) in [5.74, 6) is 0. The van der Waals surface area contributed by atoms with Gasteiger partial charge in [-0.05, 0) is 35.7 Å². The van der Waals surface area contributed by atoms with E-state index in [1.165, 1.54) is 21.2 Å². The minimum Gasteiger partial charge on any atom is -0.222 e. The summed E-state index contributed by atoms with van der Waals surface area (Å²) in [6, 6.07) is 18.6. The second-order valence-electron chi connectivity index (χ2n) is 4.22. The van der Waals surface area contributed by atoms with Crippen LogP contribution in [0.3, 0.4) is 0 Å². The second kappa shape index (κ2) is 7.30. The first kappa shape index (κ1) is 17.1. The highest BCUT2D eigenvalue weighted by atomic mass is 35.7. The molecular weight excluding hydrogens is 347 g/mol. The van der Waals surface area contributed by atoms with Crippen LogP contribution in [-0.4, -0.2) is 0 Å². The molecule has 0 fully saturated rings. The van der Waals surface area contributed by atoms with Gasteiger partial charge >= 0.3 is 0 Å². The molecule has 1 heterocycles. The molecule has 4 nitrogen and oxygen atoms in total. The molecule has 3 rings (SSSR count). The van der Waals surface area contributed by atoms with Crippen molar-refractivity contribution in [3.63, 3.8) is 0 Å². The average Bonchev–Trinajstić information content (AvgIpc) is 2.46. The van der Waals surface area contributed by atoms with Crippen molar-refractivity contribution in [2.75, 3.05) is 0 Å². The van der Waals surface area contributed by atoms with Crippen LogP contribution < -0.4 is 18.6 Å². The predicted octanol–water partition coefficient (Wildman–Crippen LogP) is 0.747. The fourth-order valence-corrected chi connectivity index (χ4v) is 2.97. The van der Waals surface area contributed by atoms with Gasteiger partial charge in [0.05, 0.1) is 0 Å². The Morgan fingerprint density at radius 2 is 1.41 bits per heavy atom. The molecule has 7 heteroatoms. The number of rotatable bonds is 1. The molecule has 114 valence electrons. The van der Waals surface area contributed by atoms with E-state index in [9.17, 15) is 0 Å². The van der Waals surface area contributed by atoms with Crippen LogP contribution in [0, 0.1) is 10.2 Å². The lowest BCUT2D eigenvalue weighted by atomic mass is 10.1. The van der Waals surface area contributed by atoms with Crippen molar-refractivity contribution in [2.45, 2.75) is 0 Å². The fourth-order valence-electron chi connectivity index (χ4n) is 1.91. The van der Waals surface area contributed by atoms with Gasteiger partial charge < -0.3 is 0 Å². The Kier molecular flexibility index (Phi) is 5.66. The van der Waals surface area contributed by atoms with Gasteiger partial charge in [-0.1, -0.05) is 29.8 Å². The van der Waals surface area contributed by atoms with Crippen LogP contribution in [0.5, 0.6) is 0 Å². The number of benzene rings is 2. The highest BCUT2D eigenvalue weighted by molar-refractivity contribution is 7.14. The quantitative estimate of drug-likeness (QED) is 0.601. The Balaban J connectivity index is 0.000000309. The lowest BCUT2D eigenvalue weighted by Crippen LogP contribution is -2.68. The van der Waals surface area contributed by atoms with Crippen LogP contribution in [0.2, 0.25) is 5.02 Å². The van der Waals surface area contributed by atoms with Crippen molar-refractivity contribution in [1.82, 2.24) is 0 Å². The van der Waals surface area contributed by atoms with E-state index in [-0.39, 0.29) is 0 Å². The van der Waals surface area contributed by atoms with E-state index in [4.69, 9.17) is 30.2 Å². The van der Waals surface area contributed by atoms with Crippen molar-refractivity contribution >= 4 is 33.7 Å². The topological polar surface area (TPSA) is 92.2 Å². The highest BCUT2D eigenvalue weighted by Crippen LogP contribution is 2.32. The van der Waals surface area contributed by atoms with E-state index in [0.717, 1.165) is 5.02 Å². The molecule has 0 spiro atoms.